The van der Waals surface area contributed by atoms with Gasteiger partial charge >= 0.3 is 0 Å². The van der Waals surface area contributed by atoms with E-state index in [1.54, 1.807) is 13.2 Å². The summed E-state index contributed by atoms with van der Waals surface area (Å²) in [7, 11) is 1.73. The number of rotatable bonds is 5. The Morgan fingerprint density at radius 1 is 1.61 bits per heavy atom. The number of carbonyl (C=O) groups is 1. The van der Waals surface area contributed by atoms with Crippen molar-refractivity contribution in [3.05, 3.63) is 11.9 Å². The van der Waals surface area contributed by atoms with E-state index < -0.39 is 0 Å². The van der Waals surface area contributed by atoms with E-state index in [9.17, 15) is 4.79 Å². The molecule has 0 aliphatic heterocycles. The van der Waals surface area contributed by atoms with E-state index in [1.807, 2.05) is 0 Å². The minimum atomic E-state index is -0.247. The smallest absolute Gasteiger partial charge is 0.274 e. The lowest BCUT2D eigenvalue weighted by atomic mass is 10.3. The van der Waals surface area contributed by atoms with E-state index >= 15 is 0 Å². The number of aromatic nitrogens is 2. The third-order valence-corrected chi connectivity index (χ3v) is 3.12. The molecule has 1 aliphatic rings. The third kappa shape index (κ3) is 3.22. The highest BCUT2D eigenvalue weighted by Gasteiger charge is 2.16. The Labute approximate surface area is 106 Å². The fraction of sp³-hybridized carbons (Fsp3) is 0.667. The van der Waals surface area contributed by atoms with E-state index in [4.69, 9.17) is 10.5 Å². The first-order valence-electron chi connectivity index (χ1n) is 6.35. The molecule has 2 rings (SSSR count). The van der Waals surface area contributed by atoms with Crippen molar-refractivity contribution in [1.82, 2.24) is 15.1 Å². The molecule has 0 unspecified atom stereocenters. The van der Waals surface area contributed by atoms with E-state index in [2.05, 4.69) is 10.4 Å². The third-order valence-electron chi connectivity index (χ3n) is 3.12. The van der Waals surface area contributed by atoms with Gasteiger partial charge in [0.15, 0.2) is 5.69 Å². The number of anilines is 1. The Morgan fingerprint density at radius 2 is 2.33 bits per heavy atom. The number of carbonyl (C=O) groups excluding carboxylic acids is 1. The van der Waals surface area contributed by atoms with Crippen LogP contribution in [0.3, 0.4) is 0 Å². The number of hydrogen-bond acceptors (Lipinski definition) is 4. The Balaban J connectivity index is 1.70. The second kappa shape index (κ2) is 5.86. The van der Waals surface area contributed by atoms with E-state index in [0.29, 0.717) is 24.9 Å². The van der Waals surface area contributed by atoms with Gasteiger partial charge in [0.25, 0.3) is 5.91 Å². The summed E-state index contributed by atoms with van der Waals surface area (Å²) in [5.74, 6) is -0.247. The molecule has 1 aliphatic carbocycles. The van der Waals surface area contributed by atoms with Gasteiger partial charge in [0, 0.05) is 19.8 Å². The summed E-state index contributed by atoms with van der Waals surface area (Å²) in [6.07, 6.45) is 6.77. The van der Waals surface area contributed by atoms with Crippen molar-refractivity contribution < 1.29 is 9.53 Å². The topological polar surface area (TPSA) is 82.2 Å². The summed E-state index contributed by atoms with van der Waals surface area (Å²) in [4.78, 5) is 11.8. The molecule has 1 amide bonds. The molecule has 0 aromatic carbocycles. The molecule has 0 bridgehead atoms. The maximum atomic E-state index is 11.8. The first-order valence-corrected chi connectivity index (χ1v) is 6.35. The maximum Gasteiger partial charge on any atom is 0.274 e. The lowest BCUT2D eigenvalue weighted by Crippen LogP contribution is -2.29. The molecule has 0 saturated heterocycles. The second-order valence-corrected chi connectivity index (χ2v) is 4.64. The average Bonchev–Trinajstić information content (AvgIpc) is 2.94. The largest absolute Gasteiger partial charge is 0.396 e. The predicted octanol–water partition coefficient (Wildman–Crippen LogP) is 0.691. The quantitative estimate of drug-likeness (QED) is 0.755. The van der Waals surface area contributed by atoms with Crippen molar-refractivity contribution in [2.75, 3.05) is 18.9 Å². The summed E-state index contributed by atoms with van der Waals surface area (Å²) < 4.78 is 7.18. The van der Waals surface area contributed by atoms with Crippen molar-refractivity contribution in [2.45, 2.75) is 31.8 Å². The van der Waals surface area contributed by atoms with Crippen molar-refractivity contribution in [2.24, 2.45) is 7.05 Å². The van der Waals surface area contributed by atoms with Crippen LogP contribution < -0.4 is 11.1 Å². The molecule has 1 saturated carbocycles. The maximum absolute atomic E-state index is 11.8. The second-order valence-electron chi connectivity index (χ2n) is 4.64. The van der Waals surface area contributed by atoms with Gasteiger partial charge in [-0.25, -0.2) is 0 Å². The van der Waals surface area contributed by atoms with Gasteiger partial charge in [-0.1, -0.05) is 12.8 Å². The Bertz CT molecular complexity index is 410. The highest BCUT2D eigenvalue weighted by Crippen LogP contribution is 2.20. The lowest BCUT2D eigenvalue weighted by molar-refractivity contribution is 0.0581. The summed E-state index contributed by atoms with van der Waals surface area (Å²) >= 11 is 0. The Hall–Kier alpha value is -1.56. The zero-order chi connectivity index (χ0) is 13.0. The molecular weight excluding hydrogens is 232 g/mol. The van der Waals surface area contributed by atoms with Crippen molar-refractivity contribution in [1.29, 1.82) is 0 Å². The van der Waals surface area contributed by atoms with Gasteiger partial charge in [-0.15, -0.1) is 0 Å². The van der Waals surface area contributed by atoms with Crippen LogP contribution in [-0.2, 0) is 11.8 Å². The number of amides is 1. The van der Waals surface area contributed by atoms with Gasteiger partial charge in [-0.3, -0.25) is 9.48 Å². The highest BCUT2D eigenvalue weighted by molar-refractivity contribution is 5.96. The minimum absolute atomic E-state index is 0.247. The summed E-state index contributed by atoms with van der Waals surface area (Å²) in [6.45, 7) is 1.04. The van der Waals surface area contributed by atoms with Crippen LogP contribution in [-0.4, -0.2) is 34.9 Å². The summed E-state index contributed by atoms with van der Waals surface area (Å²) in [6, 6.07) is 0. The van der Waals surface area contributed by atoms with Crippen LogP contribution >= 0.6 is 0 Å². The van der Waals surface area contributed by atoms with Gasteiger partial charge in [-0.2, -0.15) is 5.10 Å². The van der Waals surface area contributed by atoms with Crippen LogP contribution in [0.5, 0.6) is 0 Å². The van der Waals surface area contributed by atoms with Crippen molar-refractivity contribution in [3.8, 4) is 0 Å². The van der Waals surface area contributed by atoms with Crippen molar-refractivity contribution >= 4 is 11.6 Å². The average molecular weight is 252 g/mol. The van der Waals surface area contributed by atoms with Crippen LogP contribution in [0.1, 0.15) is 36.2 Å². The first kappa shape index (κ1) is 12.9. The Kier molecular flexibility index (Phi) is 4.19. The number of nitrogens with one attached hydrogen (secondary N) is 1. The van der Waals surface area contributed by atoms with Crippen LogP contribution in [0.2, 0.25) is 0 Å². The monoisotopic (exact) mass is 252 g/mol. The first-order chi connectivity index (χ1) is 8.66. The summed E-state index contributed by atoms with van der Waals surface area (Å²) in [5.41, 5.74) is 6.34. The number of hydrogen-bond donors (Lipinski definition) is 2. The molecule has 6 heteroatoms. The van der Waals surface area contributed by atoms with Gasteiger partial charge in [0.2, 0.25) is 0 Å². The van der Waals surface area contributed by atoms with Crippen LogP contribution in [0.15, 0.2) is 6.20 Å². The molecule has 1 heterocycles. The van der Waals surface area contributed by atoms with Crippen molar-refractivity contribution in [3.63, 3.8) is 0 Å². The fourth-order valence-electron chi connectivity index (χ4n) is 2.21. The highest BCUT2D eigenvalue weighted by atomic mass is 16.5. The van der Waals surface area contributed by atoms with E-state index in [0.717, 1.165) is 12.8 Å². The van der Waals surface area contributed by atoms with Crippen LogP contribution in [0.4, 0.5) is 5.69 Å². The fourth-order valence-corrected chi connectivity index (χ4v) is 2.21. The summed E-state index contributed by atoms with van der Waals surface area (Å²) in [5, 5.41) is 6.76. The molecular formula is C12H20N4O2. The van der Waals surface area contributed by atoms with Gasteiger partial charge in [-0.05, 0) is 12.8 Å². The molecule has 3 N–H and O–H groups in total. The number of nitrogens with zero attached hydrogens (tertiary/aromatic N) is 2. The van der Waals surface area contributed by atoms with Crippen LogP contribution in [0, 0.1) is 0 Å². The number of aryl methyl sites for hydroxylation is 1. The van der Waals surface area contributed by atoms with Gasteiger partial charge in [0.1, 0.15) is 0 Å². The van der Waals surface area contributed by atoms with E-state index in [-0.39, 0.29) is 11.6 Å². The predicted molar refractivity (Wildman–Crippen MR) is 68.2 cm³/mol. The molecule has 1 aromatic rings. The SMILES string of the molecule is Cn1cc(N)c(C(=O)NCCOC2CCCC2)n1. The molecule has 6 nitrogen and oxygen atoms in total. The molecule has 0 radical (unpaired) electrons. The number of ether oxygens (including phenoxy) is 1. The minimum Gasteiger partial charge on any atom is -0.396 e. The zero-order valence-corrected chi connectivity index (χ0v) is 10.7. The van der Waals surface area contributed by atoms with Crippen LogP contribution in [0.25, 0.3) is 0 Å². The molecule has 1 fully saturated rings. The normalized spacial score (nSPS) is 16.1. The standard InChI is InChI=1S/C12H20N4O2/c1-16-8-10(13)11(15-16)12(17)14-6-7-18-9-4-2-3-5-9/h8-9H,2-7,13H2,1H3,(H,14,17). The molecule has 0 spiro atoms. The zero-order valence-electron chi connectivity index (χ0n) is 10.7. The molecule has 18 heavy (non-hydrogen) atoms. The lowest BCUT2D eigenvalue weighted by Gasteiger charge is -2.11. The van der Waals surface area contributed by atoms with Gasteiger partial charge < -0.3 is 15.8 Å². The van der Waals surface area contributed by atoms with Gasteiger partial charge in [0.05, 0.1) is 18.4 Å². The van der Waals surface area contributed by atoms with E-state index in [1.165, 1.54) is 17.5 Å². The molecule has 0 atom stereocenters. The number of nitrogen functional groups attached to an aromatic ring is 1. The molecule has 100 valence electrons. The molecule has 1 aromatic heterocycles. The Morgan fingerprint density at radius 3 is 2.94 bits per heavy atom. The number of nitrogens with two attached hydrogens (primary N) is 1.